The number of nitrogen functional groups attached to an aromatic ring is 1. The van der Waals surface area contributed by atoms with E-state index in [1.54, 1.807) is 12.3 Å². The number of nitrogens with two attached hydrogens (primary N) is 1. The maximum atomic E-state index is 11.7. The maximum absolute atomic E-state index is 11.7. The second kappa shape index (κ2) is 6.56. The fourth-order valence-corrected chi connectivity index (χ4v) is 2.72. The van der Waals surface area contributed by atoms with Gasteiger partial charge in [0.2, 0.25) is 0 Å². The molecule has 1 aliphatic rings. The van der Waals surface area contributed by atoms with E-state index < -0.39 is 5.97 Å². The number of esters is 1. The van der Waals surface area contributed by atoms with Crippen LogP contribution in [0.15, 0.2) is 12.3 Å². The Hall–Kier alpha value is -1.82. The summed E-state index contributed by atoms with van der Waals surface area (Å²) in [6.07, 6.45) is 5.38. The number of anilines is 2. The first-order valence-electron chi connectivity index (χ1n) is 6.89. The highest BCUT2D eigenvalue weighted by molar-refractivity contribution is 5.97. The number of aromatic nitrogens is 1. The molecule has 1 aliphatic heterocycles. The van der Waals surface area contributed by atoms with Crippen LogP contribution >= 0.6 is 0 Å². The average Bonchev–Trinajstić information content (AvgIpc) is 2.92. The van der Waals surface area contributed by atoms with Crippen molar-refractivity contribution in [2.75, 3.05) is 30.9 Å². The summed E-state index contributed by atoms with van der Waals surface area (Å²) >= 11 is 0. The van der Waals surface area contributed by atoms with Crippen LogP contribution in [0.4, 0.5) is 11.5 Å². The molecule has 0 radical (unpaired) electrons. The number of nitrogens with zero attached hydrogens (tertiary/aromatic N) is 2. The minimum absolute atomic E-state index is 0.190. The Morgan fingerprint density at radius 3 is 3.15 bits per heavy atom. The zero-order chi connectivity index (χ0) is 14.5. The number of methoxy groups -OCH3 is 1. The Balaban J connectivity index is 2.25. The highest BCUT2D eigenvalue weighted by Gasteiger charge is 2.28. The van der Waals surface area contributed by atoms with Gasteiger partial charge in [0.25, 0.3) is 0 Å². The van der Waals surface area contributed by atoms with E-state index in [1.807, 2.05) is 0 Å². The number of carbonyl (C=O) groups excluding carboxylic acids is 1. The van der Waals surface area contributed by atoms with Gasteiger partial charge >= 0.3 is 5.97 Å². The average molecular weight is 279 g/mol. The first-order chi connectivity index (χ1) is 9.69. The summed E-state index contributed by atoms with van der Waals surface area (Å²) in [5.41, 5.74) is 6.80. The number of hydrogen-bond acceptors (Lipinski definition) is 6. The summed E-state index contributed by atoms with van der Waals surface area (Å²) in [4.78, 5) is 18.1. The van der Waals surface area contributed by atoms with E-state index in [2.05, 4.69) is 9.88 Å². The molecule has 0 amide bonds. The van der Waals surface area contributed by atoms with Crippen molar-refractivity contribution in [1.29, 1.82) is 0 Å². The minimum Gasteiger partial charge on any atom is -0.465 e. The van der Waals surface area contributed by atoms with Crippen LogP contribution in [0.5, 0.6) is 0 Å². The fraction of sp³-hybridized carbons (Fsp3) is 0.571. The standard InChI is InChI=1S/C14H21N3O3/c1-20-14(19)11-6-7-16-13(12(11)15)17-8-2-4-10(17)5-3-9-18/h6-7,10,18H,2-5,8-9,15H2,1H3. The van der Waals surface area contributed by atoms with E-state index in [4.69, 9.17) is 15.6 Å². The number of aliphatic hydroxyl groups excluding tert-OH is 1. The first kappa shape index (κ1) is 14.6. The number of pyridine rings is 1. The zero-order valence-corrected chi connectivity index (χ0v) is 11.7. The van der Waals surface area contributed by atoms with Crippen molar-refractivity contribution in [3.8, 4) is 0 Å². The summed E-state index contributed by atoms with van der Waals surface area (Å²) < 4.78 is 4.73. The third-order valence-corrected chi connectivity index (χ3v) is 3.72. The largest absolute Gasteiger partial charge is 0.465 e. The normalized spacial score (nSPS) is 18.3. The molecule has 1 fully saturated rings. The molecule has 0 bridgehead atoms. The highest BCUT2D eigenvalue weighted by atomic mass is 16.5. The molecule has 6 heteroatoms. The van der Waals surface area contributed by atoms with E-state index >= 15 is 0 Å². The summed E-state index contributed by atoms with van der Waals surface area (Å²) in [5.74, 6) is 0.200. The Morgan fingerprint density at radius 2 is 2.45 bits per heavy atom. The van der Waals surface area contributed by atoms with Crippen LogP contribution in [-0.4, -0.2) is 42.4 Å². The van der Waals surface area contributed by atoms with Gasteiger partial charge in [0.05, 0.1) is 18.4 Å². The van der Waals surface area contributed by atoms with Crippen LogP contribution in [0.2, 0.25) is 0 Å². The van der Waals surface area contributed by atoms with E-state index in [0.717, 1.165) is 32.2 Å². The lowest BCUT2D eigenvalue weighted by molar-refractivity contribution is 0.0602. The molecule has 0 saturated carbocycles. The molecule has 0 aliphatic carbocycles. The van der Waals surface area contributed by atoms with Crippen molar-refractivity contribution in [3.05, 3.63) is 17.8 Å². The monoisotopic (exact) mass is 279 g/mol. The lowest BCUT2D eigenvalue weighted by atomic mass is 10.1. The van der Waals surface area contributed by atoms with Crippen molar-refractivity contribution in [2.45, 2.75) is 31.7 Å². The maximum Gasteiger partial charge on any atom is 0.340 e. The van der Waals surface area contributed by atoms with Crippen molar-refractivity contribution < 1.29 is 14.6 Å². The second-order valence-corrected chi connectivity index (χ2v) is 4.94. The number of aliphatic hydroxyl groups is 1. The van der Waals surface area contributed by atoms with Crippen molar-refractivity contribution in [1.82, 2.24) is 4.98 Å². The van der Waals surface area contributed by atoms with Gasteiger partial charge in [0.1, 0.15) is 0 Å². The smallest absolute Gasteiger partial charge is 0.340 e. The minimum atomic E-state index is -0.447. The first-order valence-corrected chi connectivity index (χ1v) is 6.89. The predicted octanol–water partition coefficient (Wildman–Crippen LogP) is 1.19. The van der Waals surface area contributed by atoms with Crippen molar-refractivity contribution in [3.63, 3.8) is 0 Å². The summed E-state index contributed by atoms with van der Waals surface area (Å²) in [7, 11) is 1.34. The Labute approximate surface area is 118 Å². The van der Waals surface area contributed by atoms with E-state index in [1.165, 1.54) is 7.11 Å². The van der Waals surface area contributed by atoms with E-state index in [-0.39, 0.29) is 6.61 Å². The van der Waals surface area contributed by atoms with E-state index in [0.29, 0.717) is 23.1 Å². The van der Waals surface area contributed by atoms with Gasteiger partial charge in [-0.15, -0.1) is 0 Å². The molecule has 2 rings (SSSR count). The number of carbonyl (C=O) groups is 1. The summed E-state index contributed by atoms with van der Waals surface area (Å²) in [6, 6.07) is 1.90. The fourth-order valence-electron chi connectivity index (χ4n) is 2.72. The molecule has 20 heavy (non-hydrogen) atoms. The van der Waals surface area contributed by atoms with Gasteiger partial charge in [-0.1, -0.05) is 0 Å². The predicted molar refractivity (Wildman–Crippen MR) is 76.7 cm³/mol. The SMILES string of the molecule is COC(=O)c1ccnc(N2CCCC2CCCO)c1N. The lowest BCUT2D eigenvalue weighted by Crippen LogP contribution is -2.31. The molecule has 0 aromatic carbocycles. The van der Waals surface area contributed by atoms with Gasteiger partial charge in [-0.2, -0.15) is 0 Å². The molecule has 1 saturated heterocycles. The molecular formula is C14H21N3O3. The molecule has 1 unspecified atom stereocenters. The van der Waals surface area contributed by atoms with Gasteiger partial charge in [-0.3, -0.25) is 0 Å². The molecule has 6 nitrogen and oxygen atoms in total. The zero-order valence-electron chi connectivity index (χ0n) is 11.7. The molecule has 1 atom stereocenters. The van der Waals surface area contributed by atoms with Crippen molar-refractivity contribution >= 4 is 17.5 Å². The Bertz CT molecular complexity index is 479. The van der Waals surface area contributed by atoms with Gasteiger partial charge in [-0.25, -0.2) is 9.78 Å². The van der Waals surface area contributed by atoms with Gasteiger partial charge in [-0.05, 0) is 31.7 Å². The van der Waals surface area contributed by atoms with Crippen molar-refractivity contribution in [2.24, 2.45) is 0 Å². The van der Waals surface area contributed by atoms with Crippen LogP contribution in [0.1, 0.15) is 36.0 Å². The Kier molecular flexibility index (Phi) is 4.79. The van der Waals surface area contributed by atoms with Crippen LogP contribution < -0.4 is 10.6 Å². The van der Waals surface area contributed by atoms with Gasteiger partial charge in [0.15, 0.2) is 5.82 Å². The Morgan fingerprint density at radius 1 is 1.65 bits per heavy atom. The number of ether oxygens (including phenoxy) is 1. The summed E-state index contributed by atoms with van der Waals surface area (Å²) in [5, 5.41) is 8.97. The second-order valence-electron chi connectivity index (χ2n) is 4.94. The topological polar surface area (TPSA) is 88.7 Å². The molecule has 2 heterocycles. The van der Waals surface area contributed by atoms with Crippen LogP contribution in [0, 0.1) is 0 Å². The van der Waals surface area contributed by atoms with Crippen LogP contribution in [0.25, 0.3) is 0 Å². The highest BCUT2D eigenvalue weighted by Crippen LogP contribution is 2.32. The number of rotatable bonds is 5. The molecule has 1 aromatic rings. The molecule has 0 spiro atoms. The van der Waals surface area contributed by atoms with Gasteiger partial charge < -0.3 is 20.5 Å². The lowest BCUT2D eigenvalue weighted by Gasteiger charge is -2.27. The van der Waals surface area contributed by atoms with Crippen LogP contribution in [0.3, 0.4) is 0 Å². The van der Waals surface area contributed by atoms with E-state index in [9.17, 15) is 4.79 Å². The molecule has 3 N–H and O–H groups in total. The molecular weight excluding hydrogens is 258 g/mol. The molecule has 1 aromatic heterocycles. The van der Waals surface area contributed by atoms with Crippen LogP contribution in [-0.2, 0) is 4.74 Å². The molecule has 110 valence electrons. The van der Waals surface area contributed by atoms with Gasteiger partial charge in [0, 0.05) is 25.4 Å². The number of hydrogen-bond donors (Lipinski definition) is 2. The summed E-state index contributed by atoms with van der Waals surface area (Å²) in [6.45, 7) is 1.06. The quantitative estimate of drug-likeness (QED) is 0.787. The third-order valence-electron chi connectivity index (χ3n) is 3.72. The third kappa shape index (κ3) is 2.85.